The highest BCUT2D eigenvalue weighted by molar-refractivity contribution is 5.71. The lowest BCUT2D eigenvalue weighted by Crippen LogP contribution is -2.60. The first-order valence-electron chi connectivity index (χ1n) is 16.5. The maximum absolute atomic E-state index is 15.0. The summed E-state index contributed by atoms with van der Waals surface area (Å²) in [5.41, 5.74) is 1.16. The topological polar surface area (TPSA) is 118 Å². The summed E-state index contributed by atoms with van der Waals surface area (Å²) >= 11 is 0. The van der Waals surface area contributed by atoms with Crippen LogP contribution in [0, 0.1) is 0 Å². The van der Waals surface area contributed by atoms with Crippen LogP contribution in [-0.4, -0.2) is 77.4 Å². The number of alkyl carbamates (subject to hydrolysis) is 2. The Morgan fingerprint density at radius 3 is 1.89 bits per heavy atom. The van der Waals surface area contributed by atoms with Gasteiger partial charge in [0.1, 0.15) is 31.2 Å². The molecule has 256 valence electrons. The number of fused-ring (bicyclic) bond motifs is 4. The molecular formula is C35H46F2N4O6. The van der Waals surface area contributed by atoms with Crippen molar-refractivity contribution in [2.45, 2.75) is 127 Å². The third-order valence-corrected chi connectivity index (χ3v) is 9.04. The first-order valence-corrected chi connectivity index (χ1v) is 16.5. The van der Waals surface area contributed by atoms with E-state index in [0.717, 1.165) is 24.0 Å². The van der Waals surface area contributed by atoms with Gasteiger partial charge in [0.15, 0.2) is 0 Å². The number of ether oxygens (including phenoxy) is 3. The van der Waals surface area contributed by atoms with E-state index in [4.69, 9.17) is 14.2 Å². The molecule has 4 aliphatic heterocycles. The maximum Gasteiger partial charge on any atom is 0.410 e. The summed E-state index contributed by atoms with van der Waals surface area (Å²) in [5, 5.41) is 8.53. The minimum absolute atomic E-state index is 0.117. The molecule has 4 fully saturated rings. The smallest absolute Gasteiger partial charge is 0.410 e. The minimum atomic E-state index is -1.35. The Balaban J connectivity index is 0.000000193. The van der Waals surface area contributed by atoms with Crippen molar-refractivity contribution in [2.75, 3.05) is 0 Å². The van der Waals surface area contributed by atoms with E-state index in [2.05, 4.69) is 16.0 Å². The Labute approximate surface area is 274 Å². The second-order valence-corrected chi connectivity index (χ2v) is 13.7. The SMILES string of the molecule is CC(C)(C)OC(=O)N1[C@@H]2CC[C@H]1[C@H](F)[C@@H](NC(=O)OCc1ccccc1)C2.O=C(N[C@H]1C[C@H]2CC[C@H](N2)[C@@H]1F)OCc1ccccc1. The van der Waals surface area contributed by atoms with Crippen molar-refractivity contribution in [1.29, 1.82) is 0 Å². The second kappa shape index (κ2) is 15.3. The first-order chi connectivity index (χ1) is 22.5. The minimum Gasteiger partial charge on any atom is -0.445 e. The van der Waals surface area contributed by atoms with Crippen molar-refractivity contribution in [2.24, 2.45) is 0 Å². The number of nitrogens with one attached hydrogen (secondary N) is 3. The number of amides is 3. The zero-order chi connectivity index (χ0) is 33.6. The Morgan fingerprint density at radius 1 is 0.787 bits per heavy atom. The maximum atomic E-state index is 15.0. The molecule has 2 aromatic carbocycles. The van der Waals surface area contributed by atoms with Gasteiger partial charge in [-0.05, 0) is 70.4 Å². The number of carbonyl (C=O) groups is 3. The third kappa shape index (κ3) is 9.33. The zero-order valence-corrected chi connectivity index (χ0v) is 27.2. The number of halogens is 2. The van der Waals surface area contributed by atoms with Crippen LogP contribution in [0.15, 0.2) is 60.7 Å². The predicted molar refractivity (Wildman–Crippen MR) is 171 cm³/mol. The van der Waals surface area contributed by atoms with Crippen molar-refractivity contribution in [3.8, 4) is 0 Å². The van der Waals surface area contributed by atoms with Crippen LogP contribution >= 0.6 is 0 Å². The fourth-order valence-corrected chi connectivity index (χ4v) is 6.86. The van der Waals surface area contributed by atoms with Crippen molar-refractivity contribution >= 4 is 18.3 Å². The average Bonchev–Trinajstić information content (AvgIpc) is 3.62. The van der Waals surface area contributed by atoms with Gasteiger partial charge in [0.25, 0.3) is 0 Å². The molecule has 0 spiro atoms. The molecule has 10 nitrogen and oxygen atoms in total. The van der Waals surface area contributed by atoms with E-state index in [1.165, 1.54) is 4.90 Å². The normalized spacial score (nSPS) is 29.2. The second-order valence-electron chi connectivity index (χ2n) is 13.7. The summed E-state index contributed by atoms with van der Waals surface area (Å²) in [4.78, 5) is 37.8. The quantitative estimate of drug-likeness (QED) is 0.330. The molecule has 12 heteroatoms. The predicted octanol–water partition coefficient (Wildman–Crippen LogP) is 5.94. The lowest BCUT2D eigenvalue weighted by Gasteiger charge is -2.41. The fraction of sp³-hybridized carbons (Fsp3) is 0.571. The van der Waals surface area contributed by atoms with Gasteiger partial charge in [0, 0.05) is 18.1 Å². The van der Waals surface area contributed by atoms with Crippen molar-refractivity contribution < 1.29 is 37.4 Å². The number of benzene rings is 2. The van der Waals surface area contributed by atoms with Gasteiger partial charge in [0.05, 0.1) is 18.1 Å². The Morgan fingerprint density at radius 2 is 1.34 bits per heavy atom. The highest BCUT2D eigenvalue weighted by atomic mass is 19.1. The highest BCUT2D eigenvalue weighted by Gasteiger charge is 2.51. The number of carbonyl (C=O) groups excluding carboxylic acids is 3. The molecule has 4 aliphatic rings. The summed E-state index contributed by atoms with van der Waals surface area (Å²) in [6.07, 6.45) is 0.0748. The largest absolute Gasteiger partial charge is 0.445 e. The van der Waals surface area contributed by atoms with Gasteiger partial charge in [-0.15, -0.1) is 0 Å². The van der Waals surface area contributed by atoms with E-state index in [1.54, 1.807) is 20.8 Å². The molecule has 6 rings (SSSR count). The number of alkyl halides is 2. The first kappa shape index (κ1) is 34.4. The summed E-state index contributed by atoms with van der Waals surface area (Å²) < 4.78 is 44.9. The Kier molecular flexibility index (Phi) is 11.2. The Hall–Kier alpha value is -3.93. The van der Waals surface area contributed by atoms with Crippen LogP contribution in [-0.2, 0) is 27.4 Å². The van der Waals surface area contributed by atoms with Crippen LogP contribution in [0.3, 0.4) is 0 Å². The molecule has 0 radical (unpaired) electrons. The van der Waals surface area contributed by atoms with Crippen LogP contribution in [0.25, 0.3) is 0 Å². The molecule has 3 amide bonds. The van der Waals surface area contributed by atoms with Crippen LogP contribution in [0.1, 0.15) is 70.4 Å². The number of hydrogen-bond donors (Lipinski definition) is 3. The van der Waals surface area contributed by atoms with Crippen molar-refractivity contribution in [1.82, 2.24) is 20.9 Å². The Bertz CT molecular complexity index is 1350. The molecule has 4 saturated heterocycles. The van der Waals surface area contributed by atoms with E-state index in [9.17, 15) is 23.2 Å². The summed E-state index contributed by atoms with van der Waals surface area (Å²) in [7, 11) is 0. The molecule has 47 heavy (non-hydrogen) atoms. The lowest BCUT2D eigenvalue weighted by atomic mass is 9.96. The third-order valence-electron chi connectivity index (χ3n) is 9.04. The van der Waals surface area contributed by atoms with Gasteiger partial charge in [-0.3, -0.25) is 4.90 Å². The number of hydrogen-bond acceptors (Lipinski definition) is 7. The highest BCUT2D eigenvalue weighted by Crippen LogP contribution is 2.38. The molecule has 8 atom stereocenters. The van der Waals surface area contributed by atoms with E-state index in [1.807, 2.05) is 60.7 Å². The van der Waals surface area contributed by atoms with Gasteiger partial charge < -0.3 is 30.2 Å². The molecular weight excluding hydrogens is 610 g/mol. The van der Waals surface area contributed by atoms with Crippen LogP contribution in [0.4, 0.5) is 23.2 Å². The molecule has 3 N–H and O–H groups in total. The van der Waals surface area contributed by atoms with E-state index >= 15 is 0 Å². The number of nitrogens with zero attached hydrogens (tertiary/aromatic N) is 1. The van der Waals surface area contributed by atoms with E-state index in [0.29, 0.717) is 31.7 Å². The molecule has 0 aromatic heterocycles. The average molecular weight is 657 g/mol. The number of rotatable bonds is 6. The molecule has 2 aromatic rings. The van der Waals surface area contributed by atoms with Crippen LogP contribution < -0.4 is 16.0 Å². The van der Waals surface area contributed by atoms with E-state index < -0.39 is 54.3 Å². The van der Waals surface area contributed by atoms with Crippen LogP contribution in [0.2, 0.25) is 0 Å². The van der Waals surface area contributed by atoms with Crippen LogP contribution in [0.5, 0.6) is 0 Å². The zero-order valence-electron chi connectivity index (χ0n) is 27.2. The standard InChI is InChI=1S/C20H27FN2O4.C15H19FN2O2/c1-20(2,3)27-19(25)23-14-9-10-16(23)17(21)15(11-14)22-18(24)26-12-13-7-5-4-6-8-13;16-14-12-7-6-11(17-12)8-13(14)18-15(19)20-9-10-4-2-1-3-5-10/h4-8,14-17H,9-12H2,1-3H3,(H,22,24);1-5,11-14,17H,6-9H2,(H,18,19)/t14-,15+,16+,17-;11-,12+,13+,14+/m11/s1. The summed E-state index contributed by atoms with van der Waals surface area (Å²) in [6.45, 7) is 5.71. The number of piperidine rings is 2. The molecule has 4 heterocycles. The van der Waals surface area contributed by atoms with Gasteiger partial charge in [-0.25, -0.2) is 23.2 Å². The van der Waals surface area contributed by atoms with Gasteiger partial charge in [-0.1, -0.05) is 60.7 Å². The lowest BCUT2D eigenvalue weighted by molar-refractivity contribution is -0.0133. The molecule has 0 aliphatic carbocycles. The monoisotopic (exact) mass is 656 g/mol. The van der Waals surface area contributed by atoms with E-state index in [-0.39, 0.29) is 25.3 Å². The summed E-state index contributed by atoms with van der Waals surface area (Å²) in [6, 6.07) is 17.2. The fourth-order valence-electron chi connectivity index (χ4n) is 6.86. The van der Waals surface area contributed by atoms with Gasteiger partial charge in [-0.2, -0.15) is 0 Å². The molecule has 0 unspecified atom stereocenters. The van der Waals surface area contributed by atoms with Crippen molar-refractivity contribution in [3.63, 3.8) is 0 Å². The summed E-state index contributed by atoms with van der Waals surface area (Å²) in [5.74, 6) is 0. The molecule has 4 bridgehead atoms. The molecule has 0 saturated carbocycles. The van der Waals surface area contributed by atoms with Gasteiger partial charge >= 0.3 is 18.3 Å². The van der Waals surface area contributed by atoms with Gasteiger partial charge in [0.2, 0.25) is 0 Å². The van der Waals surface area contributed by atoms with Crippen molar-refractivity contribution in [3.05, 3.63) is 71.8 Å².